The van der Waals surface area contributed by atoms with Crippen molar-refractivity contribution in [2.24, 2.45) is 46.3 Å². The molecule has 9 fully saturated rings. The molecule has 0 aromatic carbocycles. The summed E-state index contributed by atoms with van der Waals surface area (Å²) in [5.41, 5.74) is 1.45. The molecule has 0 bridgehead atoms. The predicted octanol–water partition coefficient (Wildman–Crippen LogP) is -0.683. The molecule has 394 valence electrons. The zero-order valence-electron chi connectivity index (χ0n) is 40.3. The van der Waals surface area contributed by atoms with E-state index in [-0.39, 0.29) is 30.1 Å². The molecule has 0 aromatic rings. The van der Waals surface area contributed by atoms with Crippen LogP contribution in [-0.4, -0.2) is 206 Å². The first-order valence-electron chi connectivity index (χ1n) is 25.7. The van der Waals surface area contributed by atoms with Crippen LogP contribution < -0.4 is 0 Å². The molecule has 10 aliphatic rings. The molecule has 6 heterocycles. The Kier molecular flexibility index (Phi) is 14.6. The summed E-state index contributed by atoms with van der Waals surface area (Å²) in [5, 5.41) is 107. The van der Waals surface area contributed by atoms with E-state index in [1.54, 1.807) is 0 Å². The SMILES string of the molecule is C[C@@H]1CC[C@@]2(OC1)OC1CC3C4CC=C5C[C@@H](O[C@@H]6O[C@H](CO)[C@@H](O[C@@H]7O[C@H](C)[C@@H](O[C@@H]8OC[C@@H](O)[C@H](O)[C@H]8O)[C@H](O)[C@H]7O)[C@H](O)[C@H]6O[C@@H]6OC[C@@H](O)[C@H](O)[C@H]6O)CC[C@]5(C)C4CC[C@]3(C)C1[C@@H]2C. The van der Waals surface area contributed by atoms with Gasteiger partial charge in [0.2, 0.25) is 0 Å². The van der Waals surface area contributed by atoms with Crippen LogP contribution in [0.2, 0.25) is 0 Å². The Hall–Kier alpha value is -1.06. The van der Waals surface area contributed by atoms with Gasteiger partial charge in [0.15, 0.2) is 30.9 Å². The van der Waals surface area contributed by atoms with E-state index < -0.39 is 129 Å². The van der Waals surface area contributed by atoms with Gasteiger partial charge in [0, 0.05) is 12.3 Å². The molecular formula is C49H78O20. The lowest BCUT2D eigenvalue weighted by Crippen LogP contribution is -2.66. The number of ether oxygens (including phenoxy) is 10. The quantitative estimate of drug-likeness (QED) is 0.128. The van der Waals surface area contributed by atoms with Crippen LogP contribution in [0.25, 0.3) is 0 Å². The fraction of sp³-hybridized carbons (Fsp3) is 0.959. The maximum absolute atomic E-state index is 12.2. The van der Waals surface area contributed by atoms with Crippen LogP contribution in [-0.2, 0) is 47.4 Å². The maximum Gasteiger partial charge on any atom is 0.187 e. The highest BCUT2D eigenvalue weighted by Gasteiger charge is 2.69. The van der Waals surface area contributed by atoms with E-state index in [4.69, 9.17) is 47.4 Å². The number of aliphatic hydroxyl groups is 10. The van der Waals surface area contributed by atoms with Crippen LogP contribution in [0, 0.1) is 46.3 Å². The lowest BCUT2D eigenvalue weighted by atomic mass is 9.47. The van der Waals surface area contributed by atoms with Crippen molar-refractivity contribution in [3.8, 4) is 0 Å². The van der Waals surface area contributed by atoms with Gasteiger partial charge >= 0.3 is 0 Å². The zero-order valence-corrected chi connectivity index (χ0v) is 40.3. The van der Waals surface area contributed by atoms with Gasteiger partial charge < -0.3 is 98.4 Å². The smallest absolute Gasteiger partial charge is 0.187 e. The molecule has 10 N–H and O–H groups in total. The largest absolute Gasteiger partial charge is 0.394 e. The maximum atomic E-state index is 12.2. The summed E-state index contributed by atoms with van der Waals surface area (Å²) in [6.07, 6.45) is -16.7. The molecule has 5 unspecified atom stereocenters. The Morgan fingerprint density at radius 3 is 1.94 bits per heavy atom. The van der Waals surface area contributed by atoms with Crippen molar-refractivity contribution >= 4 is 0 Å². The van der Waals surface area contributed by atoms with Crippen molar-refractivity contribution in [2.75, 3.05) is 26.4 Å². The second-order valence-electron chi connectivity index (χ2n) is 23.0. The van der Waals surface area contributed by atoms with Crippen LogP contribution >= 0.6 is 0 Å². The highest BCUT2D eigenvalue weighted by molar-refractivity contribution is 5.26. The topological polar surface area (TPSA) is 295 Å². The van der Waals surface area contributed by atoms with Gasteiger partial charge in [-0.3, -0.25) is 0 Å². The lowest BCUT2D eigenvalue weighted by molar-refractivity contribution is -0.390. The Balaban J connectivity index is 0.829. The van der Waals surface area contributed by atoms with Gasteiger partial charge in [0.25, 0.3) is 0 Å². The molecule has 0 radical (unpaired) electrons. The molecule has 20 heteroatoms. The normalized spacial score (nSPS) is 57.6. The fourth-order valence-corrected chi connectivity index (χ4v) is 15.0. The van der Waals surface area contributed by atoms with Gasteiger partial charge in [-0.05, 0) is 98.7 Å². The van der Waals surface area contributed by atoms with Crippen LogP contribution in [0.1, 0.15) is 92.4 Å². The first-order valence-corrected chi connectivity index (χ1v) is 25.7. The molecule has 29 atom stereocenters. The summed E-state index contributed by atoms with van der Waals surface area (Å²) < 4.78 is 61.5. The van der Waals surface area contributed by atoms with Crippen LogP contribution in [0.4, 0.5) is 0 Å². The summed E-state index contributed by atoms with van der Waals surface area (Å²) >= 11 is 0. The highest BCUT2D eigenvalue weighted by atomic mass is 16.8. The third kappa shape index (κ3) is 8.82. The van der Waals surface area contributed by atoms with E-state index in [9.17, 15) is 51.1 Å². The van der Waals surface area contributed by atoms with Crippen molar-refractivity contribution in [3.05, 3.63) is 11.6 Å². The third-order valence-electron chi connectivity index (χ3n) is 19.0. The first-order chi connectivity index (χ1) is 32.8. The second kappa shape index (κ2) is 19.6. The molecule has 3 saturated carbocycles. The minimum atomic E-state index is -1.84. The van der Waals surface area contributed by atoms with Crippen molar-refractivity contribution in [1.29, 1.82) is 0 Å². The predicted molar refractivity (Wildman–Crippen MR) is 235 cm³/mol. The van der Waals surface area contributed by atoms with Crippen molar-refractivity contribution in [1.82, 2.24) is 0 Å². The van der Waals surface area contributed by atoms with E-state index in [1.165, 1.54) is 12.5 Å². The van der Waals surface area contributed by atoms with Crippen molar-refractivity contribution in [2.45, 2.75) is 221 Å². The summed E-state index contributed by atoms with van der Waals surface area (Å²) in [5.74, 6) is 2.48. The number of hydrogen-bond donors (Lipinski definition) is 10. The van der Waals surface area contributed by atoms with Crippen molar-refractivity contribution < 1.29 is 98.4 Å². The average Bonchev–Trinajstić information content (AvgIpc) is 3.78. The molecule has 0 amide bonds. The van der Waals surface area contributed by atoms with Gasteiger partial charge in [-0.15, -0.1) is 0 Å². The summed E-state index contributed by atoms with van der Waals surface area (Å²) in [4.78, 5) is 0. The number of rotatable bonds is 9. The minimum absolute atomic E-state index is 0.0515. The third-order valence-corrected chi connectivity index (χ3v) is 19.0. The van der Waals surface area contributed by atoms with Gasteiger partial charge in [0.1, 0.15) is 79.4 Å². The number of hydrogen-bond acceptors (Lipinski definition) is 20. The van der Waals surface area contributed by atoms with E-state index in [2.05, 4.69) is 33.8 Å². The van der Waals surface area contributed by atoms with Gasteiger partial charge in [-0.2, -0.15) is 0 Å². The van der Waals surface area contributed by atoms with E-state index >= 15 is 0 Å². The zero-order chi connectivity index (χ0) is 49.1. The summed E-state index contributed by atoms with van der Waals surface area (Å²) in [6.45, 7) is 10.4. The second-order valence-corrected chi connectivity index (χ2v) is 23.0. The molecule has 69 heavy (non-hydrogen) atoms. The van der Waals surface area contributed by atoms with Gasteiger partial charge in [-0.1, -0.05) is 39.3 Å². The van der Waals surface area contributed by atoms with Crippen LogP contribution in [0.15, 0.2) is 11.6 Å². The summed E-state index contributed by atoms with van der Waals surface area (Å²) in [7, 11) is 0. The average molecular weight is 987 g/mol. The first kappa shape index (κ1) is 51.4. The molecule has 0 aromatic heterocycles. The highest BCUT2D eigenvalue weighted by Crippen LogP contribution is 2.70. The molecule has 4 aliphatic carbocycles. The minimum Gasteiger partial charge on any atom is -0.394 e. The van der Waals surface area contributed by atoms with Crippen molar-refractivity contribution in [3.63, 3.8) is 0 Å². The summed E-state index contributed by atoms with van der Waals surface area (Å²) in [6, 6.07) is 0. The van der Waals surface area contributed by atoms with Gasteiger partial charge in [0.05, 0.1) is 44.7 Å². The molecule has 6 saturated heterocycles. The molecule has 1 spiro atoms. The van der Waals surface area contributed by atoms with Crippen LogP contribution in [0.3, 0.4) is 0 Å². The van der Waals surface area contributed by atoms with E-state index in [0.29, 0.717) is 48.3 Å². The number of aliphatic hydroxyl groups excluding tert-OH is 10. The van der Waals surface area contributed by atoms with E-state index in [1.807, 2.05) is 0 Å². The Morgan fingerprint density at radius 1 is 0.638 bits per heavy atom. The lowest BCUT2D eigenvalue weighted by Gasteiger charge is -2.58. The molecular weight excluding hydrogens is 909 g/mol. The van der Waals surface area contributed by atoms with Crippen LogP contribution in [0.5, 0.6) is 0 Å². The molecule has 6 aliphatic heterocycles. The Morgan fingerprint density at radius 2 is 1.29 bits per heavy atom. The Bertz CT molecular complexity index is 1820. The molecule has 10 rings (SSSR count). The fourth-order valence-electron chi connectivity index (χ4n) is 15.0. The monoisotopic (exact) mass is 987 g/mol. The standard InChI is InChI=1S/C49H78O20/c1-20-8-13-49(62-17-20)21(2)32-30(69-49)15-27-25-7-6-23-14-24(9-11-47(23,4)26(25)10-12-48(27,32)5)64-46-42(68-44-37(57)34(54)29(52)19-61-44)39(59)41(31(16-50)65-46)67-45-38(58)35(55)40(22(3)63-45)66-43-36(56)33(53)28(51)18-60-43/h6,20-22,24-46,50-59H,7-19H2,1-5H3/t20-,21+,22-,24+,25?,26?,27?,28-,29-,30?,31-,32?,33+,34+,35-,36-,37-,38-,39+,40-,41-,42-,43+,44+,45+,46-,47+,48+,49-/m1/s1. The molecule has 20 nitrogen and oxygen atoms in total. The number of allylic oxidation sites excluding steroid dienone is 1. The Labute approximate surface area is 403 Å². The van der Waals surface area contributed by atoms with Gasteiger partial charge in [-0.25, -0.2) is 0 Å². The van der Waals surface area contributed by atoms with E-state index in [0.717, 1.165) is 51.6 Å². The number of fused-ring (bicyclic) bond motifs is 7.